The van der Waals surface area contributed by atoms with Gasteiger partial charge in [0, 0.05) is 35.7 Å². The molecule has 3 heterocycles. The Morgan fingerprint density at radius 2 is 1.93 bits per heavy atom. The molecule has 1 aromatic carbocycles. The third-order valence-corrected chi connectivity index (χ3v) is 4.75. The van der Waals surface area contributed by atoms with Crippen molar-refractivity contribution in [1.82, 2.24) is 14.9 Å². The monoisotopic (exact) mass is 395 g/mol. The Labute approximate surface area is 167 Å². The standard InChI is InChI=1S/C21H18ClN3O3/c22-16-5-3-15(4-6-16)12-25-19(13-27-14-21(25)26)18-11-24-9-7-20(18)28-17-2-1-8-23-10-17/h1-11,19H,12-14H2. The largest absolute Gasteiger partial charge is 0.455 e. The molecule has 0 N–H and O–H groups in total. The second kappa shape index (κ2) is 8.37. The summed E-state index contributed by atoms with van der Waals surface area (Å²) in [5.41, 5.74) is 1.77. The van der Waals surface area contributed by atoms with E-state index in [-0.39, 0.29) is 18.6 Å². The molecule has 1 amide bonds. The van der Waals surface area contributed by atoms with Gasteiger partial charge in [-0.05, 0) is 35.9 Å². The van der Waals surface area contributed by atoms with Gasteiger partial charge in [-0.1, -0.05) is 23.7 Å². The van der Waals surface area contributed by atoms with Crippen LogP contribution in [0.15, 0.2) is 67.3 Å². The van der Waals surface area contributed by atoms with Crippen LogP contribution in [0.5, 0.6) is 11.5 Å². The molecule has 0 saturated carbocycles. The average Bonchev–Trinajstić information content (AvgIpc) is 2.72. The highest BCUT2D eigenvalue weighted by Crippen LogP contribution is 2.34. The molecule has 1 aliphatic heterocycles. The number of pyridine rings is 2. The second-order valence-corrected chi connectivity index (χ2v) is 6.82. The molecule has 28 heavy (non-hydrogen) atoms. The van der Waals surface area contributed by atoms with E-state index in [9.17, 15) is 4.79 Å². The minimum absolute atomic E-state index is 0.0587. The van der Waals surface area contributed by atoms with Gasteiger partial charge >= 0.3 is 0 Å². The average molecular weight is 396 g/mol. The van der Waals surface area contributed by atoms with E-state index in [1.807, 2.05) is 30.3 Å². The van der Waals surface area contributed by atoms with Gasteiger partial charge in [0.25, 0.3) is 0 Å². The number of rotatable bonds is 5. The maximum Gasteiger partial charge on any atom is 0.249 e. The normalized spacial score (nSPS) is 16.8. The molecule has 1 atom stereocenters. The van der Waals surface area contributed by atoms with Crippen LogP contribution in [0, 0.1) is 0 Å². The minimum Gasteiger partial charge on any atom is -0.455 e. The quantitative estimate of drug-likeness (QED) is 0.652. The van der Waals surface area contributed by atoms with Crippen molar-refractivity contribution in [3.8, 4) is 11.5 Å². The van der Waals surface area contributed by atoms with Crippen LogP contribution in [-0.2, 0) is 16.1 Å². The molecule has 1 unspecified atom stereocenters. The first-order chi connectivity index (χ1) is 13.7. The molecule has 1 fully saturated rings. The zero-order valence-corrected chi connectivity index (χ0v) is 15.7. The fourth-order valence-electron chi connectivity index (χ4n) is 3.12. The Hall–Kier alpha value is -2.96. The van der Waals surface area contributed by atoms with Crippen LogP contribution < -0.4 is 4.74 Å². The van der Waals surface area contributed by atoms with Gasteiger partial charge in [0.05, 0.1) is 18.8 Å². The van der Waals surface area contributed by atoms with Crippen molar-refractivity contribution in [1.29, 1.82) is 0 Å². The summed E-state index contributed by atoms with van der Waals surface area (Å²) in [6.07, 6.45) is 6.69. The van der Waals surface area contributed by atoms with Crippen LogP contribution in [0.25, 0.3) is 0 Å². The highest BCUT2D eigenvalue weighted by Gasteiger charge is 2.32. The number of hydrogen-bond acceptors (Lipinski definition) is 5. The number of carbonyl (C=O) groups excluding carboxylic acids is 1. The molecule has 0 spiro atoms. The zero-order chi connectivity index (χ0) is 19.3. The van der Waals surface area contributed by atoms with E-state index in [2.05, 4.69) is 9.97 Å². The topological polar surface area (TPSA) is 64.5 Å². The molecule has 0 bridgehead atoms. The van der Waals surface area contributed by atoms with Crippen molar-refractivity contribution in [3.63, 3.8) is 0 Å². The van der Waals surface area contributed by atoms with E-state index < -0.39 is 0 Å². The SMILES string of the molecule is O=C1COCC(c2cnccc2Oc2cccnc2)N1Cc1ccc(Cl)cc1. The van der Waals surface area contributed by atoms with Crippen molar-refractivity contribution in [2.45, 2.75) is 12.6 Å². The van der Waals surface area contributed by atoms with Gasteiger partial charge in [-0.15, -0.1) is 0 Å². The summed E-state index contributed by atoms with van der Waals surface area (Å²) in [6, 6.07) is 12.6. The van der Waals surface area contributed by atoms with E-state index in [1.54, 1.807) is 41.8 Å². The van der Waals surface area contributed by atoms with Crippen LogP contribution in [-0.4, -0.2) is 34.0 Å². The van der Waals surface area contributed by atoms with Crippen molar-refractivity contribution >= 4 is 17.5 Å². The lowest BCUT2D eigenvalue weighted by Crippen LogP contribution is -2.43. The van der Waals surface area contributed by atoms with Crippen LogP contribution >= 0.6 is 11.6 Å². The van der Waals surface area contributed by atoms with Gasteiger partial charge in [-0.3, -0.25) is 14.8 Å². The molecule has 0 aliphatic carbocycles. The van der Waals surface area contributed by atoms with Gasteiger partial charge in [0.15, 0.2) is 0 Å². The molecule has 3 aromatic rings. The highest BCUT2D eigenvalue weighted by molar-refractivity contribution is 6.30. The fourth-order valence-corrected chi connectivity index (χ4v) is 3.24. The molecule has 4 rings (SSSR count). The first kappa shape index (κ1) is 18.4. The number of morpholine rings is 1. The van der Waals surface area contributed by atoms with Gasteiger partial charge in [-0.25, -0.2) is 0 Å². The first-order valence-corrected chi connectivity index (χ1v) is 9.22. The Morgan fingerprint density at radius 3 is 2.71 bits per heavy atom. The summed E-state index contributed by atoms with van der Waals surface area (Å²) in [4.78, 5) is 22.7. The summed E-state index contributed by atoms with van der Waals surface area (Å²) in [5, 5.41) is 0.660. The van der Waals surface area contributed by atoms with Crippen LogP contribution in [0.3, 0.4) is 0 Å². The van der Waals surface area contributed by atoms with E-state index in [0.717, 1.165) is 11.1 Å². The van der Waals surface area contributed by atoms with Gasteiger partial charge in [0.1, 0.15) is 18.1 Å². The van der Waals surface area contributed by atoms with E-state index in [4.69, 9.17) is 21.1 Å². The van der Waals surface area contributed by atoms with Gasteiger partial charge in [-0.2, -0.15) is 0 Å². The second-order valence-electron chi connectivity index (χ2n) is 6.38. The van der Waals surface area contributed by atoms with Crippen LogP contribution in [0.4, 0.5) is 0 Å². The minimum atomic E-state index is -0.308. The Morgan fingerprint density at radius 1 is 1.11 bits per heavy atom. The van der Waals surface area contributed by atoms with Crippen molar-refractivity contribution in [2.24, 2.45) is 0 Å². The third kappa shape index (κ3) is 4.13. The summed E-state index contributed by atoms with van der Waals surface area (Å²) in [7, 11) is 0. The molecule has 2 aromatic heterocycles. The maximum atomic E-state index is 12.6. The molecule has 7 heteroatoms. The number of halogens is 1. The Balaban J connectivity index is 1.64. The number of hydrogen-bond donors (Lipinski definition) is 0. The summed E-state index contributed by atoms with van der Waals surface area (Å²) in [5.74, 6) is 1.15. The van der Waals surface area contributed by atoms with Crippen molar-refractivity contribution in [3.05, 3.63) is 83.4 Å². The zero-order valence-electron chi connectivity index (χ0n) is 15.0. The fraction of sp³-hybridized carbons (Fsp3) is 0.190. The van der Waals surface area contributed by atoms with Crippen LogP contribution in [0.1, 0.15) is 17.2 Å². The molecule has 0 radical (unpaired) electrons. The molecule has 1 aliphatic rings. The lowest BCUT2D eigenvalue weighted by Gasteiger charge is -2.36. The van der Waals surface area contributed by atoms with Crippen molar-refractivity contribution < 1.29 is 14.3 Å². The maximum absolute atomic E-state index is 12.6. The van der Waals surface area contributed by atoms with E-state index in [0.29, 0.717) is 29.7 Å². The molecule has 142 valence electrons. The number of amides is 1. The van der Waals surface area contributed by atoms with Crippen molar-refractivity contribution in [2.75, 3.05) is 13.2 Å². The van der Waals surface area contributed by atoms with Gasteiger partial charge < -0.3 is 14.4 Å². The van der Waals surface area contributed by atoms with Gasteiger partial charge in [0.2, 0.25) is 5.91 Å². The number of ether oxygens (including phenoxy) is 2. The predicted molar refractivity (Wildman–Crippen MR) is 104 cm³/mol. The van der Waals surface area contributed by atoms with E-state index >= 15 is 0 Å². The lowest BCUT2D eigenvalue weighted by atomic mass is 10.0. The number of carbonyl (C=O) groups is 1. The van der Waals surface area contributed by atoms with E-state index in [1.165, 1.54) is 0 Å². The summed E-state index contributed by atoms with van der Waals surface area (Å²) < 4.78 is 11.5. The lowest BCUT2D eigenvalue weighted by molar-refractivity contribution is -0.149. The summed E-state index contributed by atoms with van der Waals surface area (Å²) in [6.45, 7) is 0.878. The Bertz CT molecular complexity index is 951. The summed E-state index contributed by atoms with van der Waals surface area (Å²) >= 11 is 5.98. The van der Waals surface area contributed by atoms with Crippen LogP contribution in [0.2, 0.25) is 5.02 Å². The third-order valence-electron chi connectivity index (χ3n) is 4.50. The number of nitrogens with zero attached hydrogens (tertiary/aromatic N) is 3. The first-order valence-electron chi connectivity index (χ1n) is 8.84. The molecular formula is C21H18ClN3O3. The molecule has 6 nitrogen and oxygen atoms in total. The number of benzene rings is 1. The molecule has 1 saturated heterocycles. The molecular weight excluding hydrogens is 378 g/mol. The smallest absolute Gasteiger partial charge is 0.249 e. The predicted octanol–water partition coefficient (Wildman–Crippen LogP) is 4.02. The Kier molecular flexibility index (Phi) is 5.50. The highest BCUT2D eigenvalue weighted by atomic mass is 35.5. The number of aromatic nitrogens is 2.